The summed E-state index contributed by atoms with van der Waals surface area (Å²) in [6.07, 6.45) is 3.00. The summed E-state index contributed by atoms with van der Waals surface area (Å²) in [5.41, 5.74) is -0.241. The molecule has 1 fully saturated rings. The monoisotopic (exact) mass is 296 g/mol. The highest BCUT2D eigenvalue weighted by Gasteiger charge is 2.38. The van der Waals surface area contributed by atoms with Crippen molar-refractivity contribution in [3.63, 3.8) is 0 Å². The van der Waals surface area contributed by atoms with Crippen molar-refractivity contribution in [3.8, 4) is 0 Å². The van der Waals surface area contributed by atoms with E-state index in [2.05, 4.69) is 6.92 Å². The van der Waals surface area contributed by atoms with Crippen LogP contribution in [-0.2, 0) is 9.84 Å². The molecule has 0 heterocycles. The Kier molecular flexibility index (Phi) is 4.55. The summed E-state index contributed by atoms with van der Waals surface area (Å²) in [5.74, 6) is 0.465. The van der Waals surface area contributed by atoms with Crippen LogP contribution in [0, 0.1) is 5.92 Å². The van der Waals surface area contributed by atoms with E-state index in [4.69, 9.17) is 0 Å². The lowest BCUT2D eigenvalue weighted by atomic mass is 9.81. The van der Waals surface area contributed by atoms with E-state index < -0.39 is 20.7 Å². The van der Waals surface area contributed by atoms with Crippen LogP contribution < -0.4 is 0 Å². The number of hydrogen-bond acceptors (Lipinski definition) is 3. The van der Waals surface area contributed by atoms with Crippen LogP contribution in [0.4, 0.5) is 0 Å². The Hall–Kier alpha value is -0.870. The summed E-state index contributed by atoms with van der Waals surface area (Å²) >= 11 is 0. The van der Waals surface area contributed by atoms with E-state index in [1.165, 1.54) is 0 Å². The van der Waals surface area contributed by atoms with Crippen LogP contribution in [0.15, 0.2) is 30.3 Å². The molecule has 3 nitrogen and oxygen atoms in total. The van der Waals surface area contributed by atoms with Crippen molar-refractivity contribution in [2.75, 3.05) is 5.75 Å². The zero-order valence-electron chi connectivity index (χ0n) is 12.2. The van der Waals surface area contributed by atoms with Gasteiger partial charge in [-0.15, -0.1) is 0 Å². The summed E-state index contributed by atoms with van der Waals surface area (Å²) in [6.45, 7) is 3.86. The Bertz CT molecular complexity index is 528. The standard InChI is InChI=1S/C16H24O3S/c1-13-8-10-16(17,11-9-13)12-20(18,19)14(2)15-6-4-3-5-7-15/h3-7,13-14,17H,8-12H2,1-2H3/t13?,14-,16?/m1/s1. The zero-order chi connectivity index (χ0) is 14.8. The number of sulfone groups is 1. The van der Waals surface area contributed by atoms with Crippen molar-refractivity contribution in [1.82, 2.24) is 0 Å². The van der Waals surface area contributed by atoms with Crippen molar-refractivity contribution < 1.29 is 13.5 Å². The van der Waals surface area contributed by atoms with Gasteiger partial charge in [-0.05, 0) is 44.1 Å². The quantitative estimate of drug-likeness (QED) is 0.929. The minimum Gasteiger partial charge on any atom is -0.389 e. The minimum atomic E-state index is -3.34. The van der Waals surface area contributed by atoms with E-state index in [-0.39, 0.29) is 5.75 Å². The minimum absolute atomic E-state index is 0.122. The third-order valence-electron chi connectivity index (χ3n) is 4.48. The molecular formula is C16H24O3S. The van der Waals surface area contributed by atoms with Crippen LogP contribution in [0.5, 0.6) is 0 Å². The largest absolute Gasteiger partial charge is 0.389 e. The van der Waals surface area contributed by atoms with Gasteiger partial charge in [-0.3, -0.25) is 0 Å². The maximum absolute atomic E-state index is 12.5. The third kappa shape index (κ3) is 3.61. The third-order valence-corrected chi connectivity index (χ3v) is 6.77. The zero-order valence-corrected chi connectivity index (χ0v) is 13.1. The first kappa shape index (κ1) is 15.5. The van der Waals surface area contributed by atoms with Gasteiger partial charge in [0.15, 0.2) is 9.84 Å². The molecule has 0 radical (unpaired) electrons. The van der Waals surface area contributed by atoms with Crippen LogP contribution in [0.2, 0.25) is 0 Å². The lowest BCUT2D eigenvalue weighted by Gasteiger charge is -2.35. The lowest BCUT2D eigenvalue weighted by molar-refractivity contribution is 0.0134. The molecule has 0 unspecified atom stereocenters. The molecule has 1 saturated carbocycles. The SMILES string of the molecule is CC1CCC(O)(CS(=O)(=O)[C@H](C)c2ccccc2)CC1. The van der Waals surface area contributed by atoms with Gasteiger partial charge in [0.25, 0.3) is 0 Å². The first-order valence-corrected chi connectivity index (χ1v) is 9.03. The average Bonchev–Trinajstić information content (AvgIpc) is 2.42. The average molecular weight is 296 g/mol. The van der Waals surface area contributed by atoms with Gasteiger partial charge >= 0.3 is 0 Å². The van der Waals surface area contributed by atoms with E-state index in [0.29, 0.717) is 18.8 Å². The van der Waals surface area contributed by atoms with Crippen molar-refractivity contribution in [3.05, 3.63) is 35.9 Å². The van der Waals surface area contributed by atoms with Gasteiger partial charge < -0.3 is 5.11 Å². The molecule has 1 aromatic rings. The number of rotatable bonds is 4. The van der Waals surface area contributed by atoms with E-state index in [9.17, 15) is 13.5 Å². The van der Waals surface area contributed by atoms with Crippen molar-refractivity contribution >= 4 is 9.84 Å². The maximum Gasteiger partial charge on any atom is 0.159 e. The molecule has 20 heavy (non-hydrogen) atoms. The Balaban J connectivity index is 2.11. The van der Waals surface area contributed by atoms with Crippen LogP contribution in [0.1, 0.15) is 50.3 Å². The van der Waals surface area contributed by atoms with Crippen molar-refractivity contribution in [2.24, 2.45) is 5.92 Å². The first-order chi connectivity index (χ1) is 9.32. The molecule has 1 aliphatic rings. The van der Waals surface area contributed by atoms with Crippen LogP contribution in [0.25, 0.3) is 0 Å². The topological polar surface area (TPSA) is 54.4 Å². The molecule has 112 valence electrons. The molecule has 2 rings (SSSR count). The number of benzene rings is 1. The van der Waals surface area contributed by atoms with E-state index in [0.717, 1.165) is 18.4 Å². The Morgan fingerprint density at radius 2 is 1.80 bits per heavy atom. The molecule has 0 amide bonds. The lowest BCUT2D eigenvalue weighted by Crippen LogP contribution is -2.41. The van der Waals surface area contributed by atoms with Gasteiger partial charge in [0.1, 0.15) is 0 Å². The van der Waals surface area contributed by atoms with Gasteiger partial charge in [-0.1, -0.05) is 37.3 Å². The molecule has 0 aromatic heterocycles. The molecule has 1 atom stereocenters. The number of hydrogen-bond donors (Lipinski definition) is 1. The van der Waals surface area contributed by atoms with Crippen molar-refractivity contribution in [2.45, 2.75) is 50.4 Å². The van der Waals surface area contributed by atoms with Gasteiger partial charge in [-0.25, -0.2) is 8.42 Å². The highest BCUT2D eigenvalue weighted by molar-refractivity contribution is 7.91. The molecule has 0 spiro atoms. The second-order valence-corrected chi connectivity index (χ2v) is 8.59. The highest BCUT2D eigenvalue weighted by Crippen LogP contribution is 2.35. The van der Waals surface area contributed by atoms with Gasteiger partial charge in [0.2, 0.25) is 0 Å². The van der Waals surface area contributed by atoms with Gasteiger partial charge in [0, 0.05) is 0 Å². The predicted molar refractivity (Wildman–Crippen MR) is 81.2 cm³/mol. The molecule has 4 heteroatoms. The fraction of sp³-hybridized carbons (Fsp3) is 0.625. The molecule has 0 aliphatic heterocycles. The molecule has 1 aromatic carbocycles. The highest BCUT2D eigenvalue weighted by atomic mass is 32.2. The Morgan fingerprint density at radius 1 is 1.25 bits per heavy atom. The first-order valence-electron chi connectivity index (χ1n) is 7.31. The number of aliphatic hydroxyl groups is 1. The summed E-state index contributed by atoms with van der Waals surface area (Å²) in [7, 11) is -3.34. The summed E-state index contributed by atoms with van der Waals surface area (Å²) in [5, 5.41) is 9.98. The van der Waals surface area contributed by atoms with Gasteiger partial charge in [0.05, 0.1) is 16.6 Å². The van der Waals surface area contributed by atoms with Crippen LogP contribution in [-0.4, -0.2) is 24.9 Å². The second-order valence-electron chi connectivity index (χ2n) is 6.27. The molecule has 0 saturated heterocycles. The van der Waals surface area contributed by atoms with E-state index >= 15 is 0 Å². The molecule has 1 N–H and O–H groups in total. The van der Waals surface area contributed by atoms with Crippen molar-refractivity contribution in [1.29, 1.82) is 0 Å². The summed E-state index contributed by atoms with van der Waals surface area (Å²) < 4.78 is 25.1. The second kappa shape index (κ2) is 5.86. The predicted octanol–water partition coefficient (Wildman–Crippen LogP) is 3.10. The van der Waals surface area contributed by atoms with Gasteiger partial charge in [-0.2, -0.15) is 0 Å². The van der Waals surface area contributed by atoms with E-state index in [1.54, 1.807) is 6.92 Å². The van der Waals surface area contributed by atoms with E-state index in [1.807, 2.05) is 30.3 Å². The Labute approximate surface area is 121 Å². The summed E-state index contributed by atoms with van der Waals surface area (Å²) in [6, 6.07) is 9.22. The van der Waals surface area contributed by atoms with Crippen LogP contribution in [0.3, 0.4) is 0 Å². The smallest absolute Gasteiger partial charge is 0.159 e. The Morgan fingerprint density at radius 3 is 2.35 bits per heavy atom. The maximum atomic E-state index is 12.5. The molecular weight excluding hydrogens is 272 g/mol. The summed E-state index contributed by atoms with van der Waals surface area (Å²) in [4.78, 5) is 0. The molecule has 1 aliphatic carbocycles. The molecule has 0 bridgehead atoms. The fourth-order valence-electron chi connectivity index (χ4n) is 2.87. The normalized spacial score (nSPS) is 29.1. The van der Waals surface area contributed by atoms with Crippen LogP contribution >= 0.6 is 0 Å². The fourth-order valence-corrected chi connectivity index (χ4v) is 4.73.